The molecule has 1 aromatic carbocycles. The molecule has 4 heteroatoms. The Labute approximate surface area is 111 Å². The number of aromatic nitrogens is 1. The molecule has 0 saturated heterocycles. The Bertz CT molecular complexity index is 643. The molecule has 0 bridgehead atoms. The number of aromatic hydroxyl groups is 1. The molecule has 3 rings (SSSR count). The van der Waals surface area contributed by atoms with E-state index in [0.29, 0.717) is 11.4 Å². The lowest BCUT2D eigenvalue weighted by molar-refractivity contribution is 0.469. The molecule has 4 nitrogen and oxygen atoms in total. The molecule has 0 radical (unpaired) electrons. The van der Waals surface area contributed by atoms with Crippen molar-refractivity contribution in [1.29, 1.82) is 5.26 Å². The predicted molar refractivity (Wildman–Crippen MR) is 71.7 cm³/mol. The van der Waals surface area contributed by atoms with Gasteiger partial charge in [-0.05, 0) is 42.2 Å². The van der Waals surface area contributed by atoms with Crippen LogP contribution in [0.15, 0.2) is 36.5 Å². The van der Waals surface area contributed by atoms with Crippen LogP contribution in [-0.4, -0.2) is 10.1 Å². The zero-order valence-electron chi connectivity index (χ0n) is 10.3. The Morgan fingerprint density at radius 1 is 1.32 bits per heavy atom. The van der Waals surface area contributed by atoms with Crippen molar-refractivity contribution in [3.63, 3.8) is 0 Å². The highest BCUT2D eigenvalue weighted by Crippen LogP contribution is 2.37. The number of benzene rings is 1. The third kappa shape index (κ3) is 2.11. The van der Waals surface area contributed by atoms with E-state index in [-0.39, 0.29) is 6.04 Å². The second kappa shape index (κ2) is 4.62. The van der Waals surface area contributed by atoms with Crippen LogP contribution in [0.5, 0.6) is 5.75 Å². The summed E-state index contributed by atoms with van der Waals surface area (Å²) in [5.41, 5.74) is 3.47. The molecule has 1 aromatic heterocycles. The van der Waals surface area contributed by atoms with Crippen molar-refractivity contribution in [3.8, 4) is 11.8 Å². The molecule has 0 saturated carbocycles. The van der Waals surface area contributed by atoms with Gasteiger partial charge in [0.25, 0.3) is 0 Å². The number of pyridine rings is 1. The minimum absolute atomic E-state index is 0.192. The van der Waals surface area contributed by atoms with Gasteiger partial charge in [0, 0.05) is 0 Å². The lowest BCUT2D eigenvalue weighted by atomic mass is 10.1. The summed E-state index contributed by atoms with van der Waals surface area (Å²) in [7, 11) is 0. The molecule has 2 aromatic rings. The maximum atomic E-state index is 9.81. The fourth-order valence-electron chi connectivity index (χ4n) is 2.53. The first-order valence-electron chi connectivity index (χ1n) is 6.21. The lowest BCUT2D eigenvalue weighted by Crippen LogP contribution is -2.07. The second-order valence-corrected chi connectivity index (χ2v) is 4.62. The number of anilines is 1. The van der Waals surface area contributed by atoms with Gasteiger partial charge < -0.3 is 10.4 Å². The average molecular weight is 251 g/mol. The summed E-state index contributed by atoms with van der Waals surface area (Å²) in [5, 5.41) is 21.9. The topological polar surface area (TPSA) is 68.9 Å². The number of nitriles is 1. The number of fused-ring (bicyclic) bond motifs is 1. The average Bonchev–Trinajstić information content (AvgIpc) is 2.84. The van der Waals surface area contributed by atoms with Crippen molar-refractivity contribution < 1.29 is 5.11 Å². The Morgan fingerprint density at radius 2 is 2.21 bits per heavy atom. The monoisotopic (exact) mass is 251 g/mol. The van der Waals surface area contributed by atoms with E-state index in [0.717, 1.165) is 29.7 Å². The molecule has 0 spiro atoms. The van der Waals surface area contributed by atoms with Crippen molar-refractivity contribution in [2.24, 2.45) is 0 Å². The van der Waals surface area contributed by atoms with Crippen molar-refractivity contribution in [1.82, 2.24) is 4.98 Å². The van der Waals surface area contributed by atoms with E-state index >= 15 is 0 Å². The van der Waals surface area contributed by atoms with Crippen LogP contribution in [0, 0.1) is 11.3 Å². The van der Waals surface area contributed by atoms with Gasteiger partial charge in [-0.25, -0.2) is 4.98 Å². The first-order valence-corrected chi connectivity index (χ1v) is 6.21. The minimum Gasteiger partial charge on any atom is -0.508 e. The molecule has 0 fully saturated rings. The summed E-state index contributed by atoms with van der Waals surface area (Å²) < 4.78 is 0. The van der Waals surface area contributed by atoms with Gasteiger partial charge in [0.15, 0.2) is 0 Å². The number of nitrogens with zero attached hydrogens (tertiary/aromatic N) is 2. The zero-order chi connectivity index (χ0) is 13.2. The van der Waals surface area contributed by atoms with Crippen LogP contribution in [0.1, 0.15) is 29.3 Å². The van der Waals surface area contributed by atoms with Crippen molar-refractivity contribution in [2.45, 2.75) is 18.9 Å². The molecule has 0 amide bonds. The van der Waals surface area contributed by atoms with Gasteiger partial charge in [-0.15, -0.1) is 0 Å². The lowest BCUT2D eigenvalue weighted by Gasteiger charge is -2.15. The Hall–Kier alpha value is -2.54. The van der Waals surface area contributed by atoms with E-state index in [1.54, 1.807) is 18.3 Å². The van der Waals surface area contributed by atoms with Crippen molar-refractivity contribution in [3.05, 3.63) is 53.3 Å². The largest absolute Gasteiger partial charge is 0.508 e. The number of nitrogens with one attached hydrogen (secondary N) is 1. The Kier molecular flexibility index (Phi) is 2.81. The fourth-order valence-corrected chi connectivity index (χ4v) is 2.53. The van der Waals surface area contributed by atoms with Gasteiger partial charge >= 0.3 is 0 Å². The van der Waals surface area contributed by atoms with E-state index in [9.17, 15) is 5.11 Å². The van der Waals surface area contributed by atoms with Gasteiger partial charge in [-0.1, -0.05) is 12.1 Å². The summed E-state index contributed by atoms with van der Waals surface area (Å²) in [5.74, 6) is 0.375. The molecule has 1 atom stereocenters. The van der Waals surface area contributed by atoms with Gasteiger partial charge in [0.05, 0.1) is 17.9 Å². The first-order chi connectivity index (χ1) is 9.28. The zero-order valence-corrected chi connectivity index (χ0v) is 10.3. The number of phenols is 1. The second-order valence-electron chi connectivity index (χ2n) is 4.62. The third-order valence-corrected chi connectivity index (χ3v) is 3.46. The normalized spacial score (nSPS) is 16.7. The summed E-state index contributed by atoms with van der Waals surface area (Å²) in [4.78, 5) is 4.04. The highest BCUT2D eigenvalue weighted by Gasteiger charge is 2.24. The van der Waals surface area contributed by atoms with Gasteiger partial charge in [-0.3, -0.25) is 0 Å². The van der Waals surface area contributed by atoms with Gasteiger partial charge in [-0.2, -0.15) is 5.26 Å². The quantitative estimate of drug-likeness (QED) is 0.861. The SMILES string of the molecule is N#Cc1ccc(N[C@H]2CCc3c(O)cccc32)cn1. The standard InChI is InChI=1S/C15H13N3O/c16-8-10-4-5-11(9-17-10)18-14-7-6-13-12(14)2-1-3-15(13)19/h1-5,9,14,18-19H,6-7H2/t14-/m0/s1. The number of hydrogen-bond acceptors (Lipinski definition) is 4. The van der Waals surface area contributed by atoms with Crippen molar-refractivity contribution >= 4 is 5.69 Å². The van der Waals surface area contributed by atoms with Crippen LogP contribution in [0.4, 0.5) is 5.69 Å². The van der Waals surface area contributed by atoms with Crippen LogP contribution in [0.25, 0.3) is 0 Å². The van der Waals surface area contributed by atoms with Gasteiger partial charge in [0.2, 0.25) is 0 Å². The van der Waals surface area contributed by atoms with Crippen LogP contribution >= 0.6 is 0 Å². The molecule has 0 unspecified atom stereocenters. The minimum atomic E-state index is 0.192. The van der Waals surface area contributed by atoms with E-state index in [1.165, 1.54) is 0 Å². The Balaban J connectivity index is 1.83. The molecule has 1 aliphatic carbocycles. The molecule has 1 heterocycles. The number of phenolic OH excluding ortho intramolecular Hbond substituents is 1. The molecule has 19 heavy (non-hydrogen) atoms. The van der Waals surface area contributed by atoms with Crippen LogP contribution in [0.2, 0.25) is 0 Å². The predicted octanol–water partition coefficient (Wildman–Crippen LogP) is 2.76. The maximum Gasteiger partial charge on any atom is 0.140 e. The number of hydrogen-bond donors (Lipinski definition) is 2. The Morgan fingerprint density at radius 3 is 2.95 bits per heavy atom. The molecular weight excluding hydrogens is 238 g/mol. The summed E-state index contributed by atoms with van der Waals surface area (Å²) >= 11 is 0. The highest BCUT2D eigenvalue weighted by atomic mass is 16.3. The third-order valence-electron chi connectivity index (χ3n) is 3.46. The van der Waals surface area contributed by atoms with Crippen LogP contribution < -0.4 is 5.32 Å². The molecule has 94 valence electrons. The fraction of sp³-hybridized carbons (Fsp3) is 0.200. The van der Waals surface area contributed by atoms with Gasteiger partial charge in [0.1, 0.15) is 17.5 Å². The highest BCUT2D eigenvalue weighted by molar-refractivity contribution is 5.50. The molecular formula is C15H13N3O. The smallest absolute Gasteiger partial charge is 0.140 e. The number of rotatable bonds is 2. The van der Waals surface area contributed by atoms with E-state index in [4.69, 9.17) is 5.26 Å². The molecule has 2 N–H and O–H groups in total. The van der Waals surface area contributed by atoms with Crippen LogP contribution in [-0.2, 0) is 6.42 Å². The first kappa shape index (κ1) is 11.5. The summed E-state index contributed by atoms with van der Waals surface area (Å²) in [6.45, 7) is 0. The van der Waals surface area contributed by atoms with E-state index in [1.807, 2.05) is 24.3 Å². The molecule has 1 aliphatic rings. The van der Waals surface area contributed by atoms with Crippen molar-refractivity contribution in [2.75, 3.05) is 5.32 Å². The van der Waals surface area contributed by atoms with E-state index < -0.39 is 0 Å². The maximum absolute atomic E-state index is 9.81. The van der Waals surface area contributed by atoms with E-state index in [2.05, 4.69) is 10.3 Å². The van der Waals surface area contributed by atoms with Crippen LogP contribution in [0.3, 0.4) is 0 Å². The summed E-state index contributed by atoms with van der Waals surface area (Å²) in [6.07, 6.45) is 3.50. The summed E-state index contributed by atoms with van der Waals surface area (Å²) in [6, 6.07) is 11.4. The molecule has 0 aliphatic heterocycles.